The quantitative estimate of drug-likeness (QED) is 0.605. The molecular formula is C7H13FN2O. The molecule has 0 aromatic rings. The molecule has 0 unspecified atom stereocenters. The molecule has 0 spiro atoms. The molecule has 0 aromatic carbocycles. The first-order valence-corrected chi connectivity index (χ1v) is 3.89. The first-order valence-electron chi connectivity index (χ1n) is 3.89. The first-order chi connectivity index (χ1) is 5.34. The summed E-state index contributed by atoms with van der Waals surface area (Å²) in [6.45, 7) is 1.72. The van der Waals surface area contributed by atoms with E-state index < -0.39 is 6.67 Å². The second-order valence-corrected chi connectivity index (χ2v) is 2.60. The van der Waals surface area contributed by atoms with Crippen LogP contribution in [0.25, 0.3) is 0 Å². The van der Waals surface area contributed by atoms with Gasteiger partial charge in [-0.1, -0.05) is 0 Å². The van der Waals surface area contributed by atoms with Gasteiger partial charge in [-0.05, 0) is 13.0 Å². The van der Waals surface area contributed by atoms with Gasteiger partial charge in [0.05, 0.1) is 6.54 Å². The Labute approximate surface area is 65.6 Å². The minimum atomic E-state index is -0.439. The van der Waals surface area contributed by atoms with Gasteiger partial charge >= 0.3 is 0 Å². The monoisotopic (exact) mass is 160 g/mol. The lowest BCUT2D eigenvalue weighted by molar-refractivity contribution is -0.129. The van der Waals surface area contributed by atoms with E-state index in [1.54, 1.807) is 4.90 Å². The van der Waals surface area contributed by atoms with Crippen LogP contribution in [0.15, 0.2) is 0 Å². The molecule has 1 fully saturated rings. The van der Waals surface area contributed by atoms with Gasteiger partial charge in [0.15, 0.2) is 0 Å². The maximum absolute atomic E-state index is 11.9. The van der Waals surface area contributed by atoms with Crippen LogP contribution in [0.5, 0.6) is 0 Å². The van der Waals surface area contributed by atoms with Crippen LogP contribution in [-0.4, -0.2) is 43.7 Å². The Morgan fingerprint density at radius 1 is 1.64 bits per heavy atom. The van der Waals surface area contributed by atoms with Crippen molar-refractivity contribution >= 4 is 5.91 Å². The van der Waals surface area contributed by atoms with Gasteiger partial charge in [-0.2, -0.15) is 0 Å². The third kappa shape index (κ3) is 2.46. The number of carbonyl (C=O) groups excluding carboxylic acids is 1. The molecule has 1 amide bonds. The highest BCUT2D eigenvalue weighted by molar-refractivity contribution is 5.78. The summed E-state index contributed by atoms with van der Waals surface area (Å²) in [6, 6.07) is 0. The molecule has 0 aromatic heterocycles. The standard InChI is InChI=1S/C7H13FN2O/c8-2-5-10-4-1-3-9-6-7(10)11/h9H,1-6H2. The average Bonchev–Trinajstić information content (AvgIpc) is 2.18. The number of amides is 1. The molecular weight excluding hydrogens is 147 g/mol. The molecule has 64 valence electrons. The minimum absolute atomic E-state index is 0.0140. The summed E-state index contributed by atoms with van der Waals surface area (Å²) in [5, 5.41) is 2.97. The SMILES string of the molecule is O=C1CNCCCN1CCF. The molecule has 1 saturated heterocycles. The van der Waals surface area contributed by atoms with Gasteiger partial charge in [-0.3, -0.25) is 4.79 Å². The average molecular weight is 160 g/mol. The number of hydrogen-bond acceptors (Lipinski definition) is 2. The predicted molar refractivity (Wildman–Crippen MR) is 40.0 cm³/mol. The molecule has 0 bridgehead atoms. The Morgan fingerprint density at radius 2 is 2.45 bits per heavy atom. The van der Waals surface area contributed by atoms with Crippen molar-refractivity contribution in [3.8, 4) is 0 Å². The largest absolute Gasteiger partial charge is 0.339 e. The van der Waals surface area contributed by atoms with E-state index in [0.29, 0.717) is 13.1 Å². The lowest BCUT2D eigenvalue weighted by Gasteiger charge is -2.17. The van der Waals surface area contributed by atoms with E-state index >= 15 is 0 Å². The van der Waals surface area contributed by atoms with Crippen LogP contribution in [0.3, 0.4) is 0 Å². The number of halogens is 1. The minimum Gasteiger partial charge on any atom is -0.339 e. The number of rotatable bonds is 2. The van der Waals surface area contributed by atoms with Crippen molar-refractivity contribution in [1.29, 1.82) is 0 Å². The van der Waals surface area contributed by atoms with Crippen LogP contribution < -0.4 is 5.32 Å². The summed E-state index contributed by atoms with van der Waals surface area (Å²) < 4.78 is 11.9. The second kappa shape index (κ2) is 4.28. The molecule has 1 heterocycles. The number of nitrogens with zero attached hydrogens (tertiary/aromatic N) is 1. The van der Waals surface area contributed by atoms with Gasteiger partial charge in [0, 0.05) is 13.1 Å². The molecule has 4 heteroatoms. The smallest absolute Gasteiger partial charge is 0.236 e. The molecule has 3 nitrogen and oxygen atoms in total. The topological polar surface area (TPSA) is 32.3 Å². The molecule has 11 heavy (non-hydrogen) atoms. The summed E-state index contributed by atoms with van der Waals surface area (Å²) in [4.78, 5) is 12.7. The summed E-state index contributed by atoms with van der Waals surface area (Å²) in [6.07, 6.45) is 0.922. The van der Waals surface area contributed by atoms with E-state index in [1.165, 1.54) is 0 Å². The van der Waals surface area contributed by atoms with Gasteiger partial charge < -0.3 is 10.2 Å². The van der Waals surface area contributed by atoms with E-state index in [2.05, 4.69) is 5.32 Å². The Balaban J connectivity index is 2.39. The van der Waals surface area contributed by atoms with Crippen molar-refractivity contribution in [2.45, 2.75) is 6.42 Å². The van der Waals surface area contributed by atoms with Crippen molar-refractivity contribution in [1.82, 2.24) is 10.2 Å². The summed E-state index contributed by atoms with van der Waals surface area (Å²) in [5.74, 6) is 0.0140. The maximum Gasteiger partial charge on any atom is 0.236 e. The fourth-order valence-corrected chi connectivity index (χ4v) is 1.17. The van der Waals surface area contributed by atoms with Crippen molar-refractivity contribution in [2.75, 3.05) is 32.9 Å². The third-order valence-electron chi connectivity index (χ3n) is 1.76. The molecule has 1 N–H and O–H groups in total. The fraction of sp³-hybridized carbons (Fsp3) is 0.857. The zero-order chi connectivity index (χ0) is 8.10. The van der Waals surface area contributed by atoms with Crippen molar-refractivity contribution in [3.05, 3.63) is 0 Å². The highest BCUT2D eigenvalue weighted by Crippen LogP contribution is 1.96. The Hall–Kier alpha value is -0.640. The highest BCUT2D eigenvalue weighted by atomic mass is 19.1. The summed E-state index contributed by atoms with van der Waals surface area (Å²) in [5.41, 5.74) is 0. The van der Waals surface area contributed by atoms with Crippen LogP contribution in [0, 0.1) is 0 Å². The van der Waals surface area contributed by atoms with Crippen LogP contribution in [0.4, 0.5) is 4.39 Å². The van der Waals surface area contributed by atoms with Gasteiger partial charge in [-0.25, -0.2) is 4.39 Å². The predicted octanol–water partition coefficient (Wildman–Crippen LogP) is -0.222. The first kappa shape index (κ1) is 8.46. The van der Waals surface area contributed by atoms with E-state index in [0.717, 1.165) is 13.0 Å². The van der Waals surface area contributed by atoms with Crippen molar-refractivity contribution in [2.24, 2.45) is 0 Å². The second-order valence-electron chi connectivity index (χ2n) is 2.60. The normalized spacial score (nSPS) is 20.1. The van der Waals surface area contributed by atoms with Crippen LogP contribution in [0.1, 0.15) is 6.42 Å². The Morgan fingerprint density at radius 3 is 3.18 bits per heavy atom. The molecule has 0 radical (unpaired) electrons. The molecule has 0 atom stereocenters. The van der Waals surface area contributed by atoms with Crippen molar-refractivity contribution in [3.63, 3.8) is 0 Å². The van der Waals surface area contributed by atoms with Gasteiger partial charge in [-0.15, -0.1) is 0 Å². The molecule has 0 saturated carbocycles. The Bertz CT molecular complexity index is 140. The number of hydrogen-bond donors (Lipinski definition) is 1. The maximum atomic E-state index is 11.9. The number of nitrogens with one attached hydrogen (secondary N) is 1. The fourth-order valence-electron chi connectivity index (χ4n) is 1.17. The van der Waals surface area contributed by atoms with Gasteiger partial charge in [0.2, 0.25) is 5.91 Å². The van der Waals surface area contributed by atoms with Crippen LogP contribution >= 0.6 is 0 Å². The van der Waals surface area contributed by atoms with E-state index in [-0.39, 0.29) is 12.5 Å². The van der Waals surface area contributed by atoms with Gasteiger partial charge in [0.1, 0.15) is 6.67 Å². The molecule has 1 rings (SSSR count). The highest BCUT2D eigenvalue weighted by Gasteiger charge is 2.14. The summed E-state index contributed by atoms with van der Waals surface area (Å²) >= 11 is 0. The molecule has 1 aliphatic rings. The van der Waals surface area contributed by atoms with Crippen molar-refractivity contribution < 1.29 is 9.18 Å². The van der Waals surface area contributed by atoms with Crippen LogP contribution in [0.2, 0.25) is 0 Å². The van der Waals surface area contributed by atoms with E-state index in [4.69, 9.17) is 0 Å². The zero-order valence-corrected chi connectivity index (χ0v) is 6.48. The zero-order valence-electron chi connectivity index (χ0n) is 6.48. The number of alkyl halides is 1. The number of carbonyl (C=O) groups is 1. The van der Waals surface area contributed by atoms with E-state index in [1.807, 2.05) is 0 Å². The Kier molecular flexibility index (Phi) is 3.29. The van der Waals surface area contributed by atoms with E-state index in [9.17, 15) is 9.18 Å². The lowest BCUT2D eigenvalue weighted by atomic mass is 10.4. The van der Waals surface area contributed by atoms with Gasteiger partial charge in [0.25, 0.3) is 0 Å². The molecule has 1 aliphatic heterocycles. The molecule has 0 aliphatic carbocycles. The lowest BCUT2D eigenvalue weighted by Crippen LogP contribution is -2.36. The van der Waals surface area contributed by atoms with Crippen LogP contribution in [-0.2, 0) is 4.79 Å². The third-order valence-corrected chi connectivity index (χ3v) is 1.76. The summed E-state index contributed by atoms with van der Waals surface area (Å²) in [7, 11) is 0.